The maximum Gasteiger partial charge on any atom is 0.145 e. The first-order chi connectivity index (χ1) is 8.59. The van der Waals surface area contributed by atoms with Crippen LogP contribution in [0.1, 0.15) is 18.5 Å². The van der Waals surface area contributed by atoms with Gasteiger partial charge in [-0.2, -0.15) is 0 Å². The van der Waals surface area contributed by atoms with Gasteiger partial charge in [0.1, 0.15) is 12.1 Å². The molecule has 1 unspecified atom stereocenters. The molecule has 0 spiro atoms. The number of halogens is 2. The van der Waals surface area contributed by atoms with Gasteiger partial charge < -0.3 is 4.90 Å². The molecule has 0 radical (unpaired) electrons. The standard InChI is InChI=1S/C13H13ClIN3/c1-9(10-4-3-5-11(14)6-10)18(2)13-12(15)7-16-8-17-13/h3-9H,1-2H3. The first-order valence-corrected chi connectivity index (χ1v) is 6.99. The van der Waals surface area contributed by atoms with Crippen LogP contribution >= 0.6 is 34.2 Å². The fourth-order valence-electron chi connectivity index (χ4n) is 1.74. The van der Waals surface area contributed by atoms with Crippen LogP contribution in [-0.4, -0.2) is 17.0 Å². The lowest BCUT2D eigenvalue weighted by Crippen LogP contribution is -2.23. The molecule has 2 rings (SSSR count). The summed E-state index contributed by atoms with van der Waals surface area (Å²) in [7, 11) is 2.02. The maximum atomic E-state index is 6.03. The molecule has 18 heavy (non-hydrogen) atoms. The van der Waals surface area contributed by atoms with Crippen LogP contribution in [-0.2, 0) is 0 Å². The molecule has 0 aliphatic heterocycles. The Kier molecular flexibility index (Phi) is 4.40. The van der Waals surface area contributed by atoms with Gasteiger partial charge in [0.2, 0.25) is 0 Å². The van der Waals surface area contributed by atoms with Crippen molar-refractivity contribution in [3.05, 3.63) is 50.9 Å². The molecule has 0 amide bonds. The number of nitrogens with zero attached hydrogens (tertiary/aromatic N) is 3. The van der Waals surface area contributed by atoms with E-state index in [1.807, 2.05) is 31.4 Å². The van der Waals surface area contributed by atoms with Gasteiger partial charge in [-0.15, -0.1) is 0 Å². The highest BCUT2D eigenvalue weighted by atomic mass is 127. The molecule has 0 saturated carbocycles. The Morgan fingerprint density at radius 2 is 2.17 bits per heavy atom. The Morgan fingerprint density at radius 1 is 1.39 bits per heavy atom. The lowest BCUT2D eigenvalue weighted by atomic mass is 10.1. The molecule has 1 aromatic heterocycles. The Morgan fingerprint density at radius 3 is 2.83 bits per heavy atom. The Labute approximate surface area is 125 Å². The van der Waals surface area contributed by atoms with Gasteiger partial charge in [0.05, 0.1) is 9.61 Å². The molecule has 94 valence electrons. The predicted molar refractivity (Wildman–Crippen MR) is 83.0 cm³/mol. The maximum absolute atomic E-state index is 6.03. The average molecular weight is 374 g/mol. The Balaban J connectivity index is 2.29. The molecule has 0 saturated heterocycles. The van der Waals surface area contributed by atoms with Crippen molar-refractivity contribution in [3.63, 3.8) is 0 Å². The van der Waals surface area contributed by atoms with E-state index in [-0.39, 0.29) is 6.04 Å². The minimum Gasteiger partial charge on any atom is -0.352 e. The van der Waals surface area contributed by atoms with E-state index in [1.54, 1.807) is 6.33 Å². The van der Waals surface area contributed by atoms with Crippen molar-refractivity contribution in [2.75, 3.05) is 11.9 Å². The third-order valence-electron chi connectivity index (χ3n) is 2.89. The monoisotopic (exact) mass is 373 g/mol. The lowest BCUT2D eigenvalue weighted by molar-refractivity contribution is 0.725. The minimum absolute atomic E-state index is 0.201. The van der Waals surface area contributed by atoms with Crippen molar-refractivity contribution in [2.24, 2.45) is 0 Å². The van der Waals surface area contributed by atoms with Gasteiger partial charge in [-0.1, -0.05) is 23.7 Å². The molecule has 0 N–H and O–H groups in total. The summed E-state index contributed by atoms with van der Waals surface area (Å²) in [5.41, 5.74) is 1.17. The van der Waals surface area contributed by atoms with Gasteiger partial charge >= 0.3 is 0 Å². The molecule has 5 heteroatoms. The molecule has 1 heterocycles. The average Bonchev–Trinajstić information content (AvgIpc) is 2.37. The van der Waals surface area contributed by atoms with Gasteiger partial charge in [-0.3, -0.25) is 0 Å². The number of anilines is 1. The van der Waals surface area contributed by atoms with Gasteiger partial charge in [0, 0.05) is 18.3 Å². The second-order valence-corrected chi connectivity index (χ2v) is 5.63. The molecule has 3 nitrogen and oxygen atoms in total. The predicted octanol–water partition coefficient (Wildman–Crippen LogP) is 3.93. The molecule has 0 fully saturated rings. The largest absolute Gasteiger partial charge is 0.352 e. The van der Waals surface area contributed by atoms with Crippen LogP contribution in [0.2, 0.25) is 5.02 Å². The van der Waals surface area contributed by atoms with E-state index in [9.17, 15) is 0 Å². The zero-order chi connectivity index (χ0) is 13.1. The summed E-state index contributed by atoms with van der Waals surface area (Å²) in [5, 5.41) is 0.755. The highest BCUT2D eigenvalue weighted by molar-refractivity contribution is 14.1. The third-order valence-corrected chi connectivity index (χ3v) is 3.89. The van der Waals surface area contributed by atoms with Crippen LogP contribution in [0.5, 0.6) is 0 Å². The Hall–Kier alpha value is -0.880. The highest BCUT2D eigenvalue weighted by Crippen LogP contribution is 2.27. The van der Waals surface area contributed by atoms with Gasteiger partial charge in [-0.05, 0) is 47.2 Å². The topological polar surface area (TPSA) is 29.0 Å². The summed E-state index contributed by atoms with van der Waals surface area (Å²) in [6.45, 7) is 2.13. The van der Waals surface area contributed by atoms with Crippen LogP contribution in [0, 0.1) is 3.57 Å². The fraction of sp³-hybridized carbons (Fsp3) is 0.231. The number of hydrogen-bond acceptors (Lipinski definition) is 3. The third kappa shape index (κ3) is 2.92. The van der Waals surface area contributed by atoms with Crippen molar-refractivity contribution < 1.29 is 0 Å². The summed E-state index contributed by atoms with van der Waals surface area (Å²) < 4.78 is 1.03. The quantitative estimate of drug-likeness (QED) is 0.763. The second-order valence-electron chi connectivity index (χ2n) is 4.04. The molecule has 0 bridgehead atoms. The SMILES string of the molecule is CC(c1cccc(Cl)c1)N(C)c1ncncc1I. The van der Waals surface area contributed by atoms with Crippen LogP contribution in [0.4, 0.5) is 5.82 Å². The van der Waals surface area contributed by atoms with E-state index in [0.29, 0.717) is 0 Å². The van der Waals surface area contributed by atoms with Crippen LogP contribution in [0.3, 0.4) is 0 Å². The first kappa shape index (κ1) is 13.5. The molecular weight excluding hydrogens is 361 g/mol. The Bertz CT molecular complexity index is 547. The lowest BCUT2D eigenvalue weighted by Gasteiger charge is -2.27. The van der Waals surface area contributed by atoms with Gasteiger partial charge in [0.25, 0.3) is 0 Å². The normalized spacial score (nSPS) is 12.2. The zero-order valence-electron chi connectivity index (χ0n) is 10.1. The first-order valence-electron chi connectivity index (χ1n) is 5.53. The van der Waals surface area contributed by atoms with Gasteiger partial charge in [0.15, 0.2) is 0 Å². The van der Waals surface area contributed by atoms with Crippen LogP contribution < -0.4 is 4.90 Å². The summed E-state index contributed by atoms with van der Waals surface area (Å²) in [6.07, 6.45) is 3.38. The van der Waals surface area contributed by atoms with E-state index in [0.717, 1.165) is 14.4 Å². The highest BCUT2D eigenvalue weighted by Gasteiger charge is 2.15. The van der Waals surface area contributed by atoms with E-state index >= 15 is 0 Å². The van der Waals surface area contributed by atoms with Crippen molar-refractivity contribution in [2.45, 2.75) is 13.0 Å². The van der Waals surface area contributed by atoms with Crippen molar-refractivity contribution in [3.8, 4) is 0 Å². The molecule has 2 aromatic rings. The zero-order valence-corrected chi connectivity index (χ0v) is 13.1. The van der Waals surface area contributed by atoms with E-state index < -0.39 is 0 Å². The van der Waals surface area contributed by atoms with Crippen LogP contribution in [0.15, 0.2) is 36.8 Å². The summed E-state index contributed by atoms with van der Waals surface area (Å²) in [4.78, 5) is 10.4. The van der Waals surface area contributed by atoms with E-state index in [2.05, 4.69) is 50.4 Å². The molecule has 1 atom stereocenters. The second kappa shape index (κ2) is 5.84. The number of aromatic nitrogens is 2. The van der Waals surface area contributed by atoms with Crippen molar-refractivity contribution in [1.29, 1.82) is 0 Å². The number of hydrogen-bond donors (Lipinski definition) is 0. The fourth-order valence-corrected chi connectivity index (χ4v) is 2.62. The summed E-state index contributed by atoms with van der Waals surface area (Å²) in [6, 6.07) is 8.10. The summed E-state index contributed by atoms with van der Waals surface area (Å²) in [5.74, 6) is 0.929. The number of benzene rings is 1. The van der Waals surface area contributed by atoms with Crippen molar-refractivity contribution in [1.82, 2.24) is 9.97 Å². The summed E-state index contributed by atoms with van der Waals surface area (Å²) >= 11 is 8.27. The number of rotatable bonds is 3. The molecule has 0 aliphatic rings. The van der Waals surface area contributed by atoms with Crippen molar-refractivity contribution >= 4 is 40.0 Å². The molecular formula is C13H13ClIN3. The molecule has 0 aliphatic carbocycles. The van der Waals surface area contributed by atoms with Crippen LogP contribution in [0.25, 0.3) is 0 Å². The minimum atomic E-state index is 0.201. The molecule has 1 aromatic carbocycles. The smallest absolute Gasteiger partial charge is 0.145 e. The van der Waals surface area contributed by atoms with E-state index in [4.69, 9.17) is 11.6 Å². The van der Waals surface area contributed by atoms with E-state index in [1.165, 1.54) is 5.56 Å². The van der Waals surface area contributed by atoms with Gasteiger partial charge in [-0.25, -0.2) is 9.97 Å².